The van der Waals surface area contributed by atoms with Crippen LogP contribution in [0.15, 0.2) is 84.9 Å². The van der Waals surface area contributed by atoms with Gasteiger partial charge in [-0.1, -0.05) is 72.8 Å². The molecule has 0 radical (unpaired) electrons. The molecule has 0 saturated heterocycles. The number of ether oxygens (including phenoxy) is 1. The van der Waals surface area contributed by atoms with E-state index in [-0.39, 0.29) is 6.10 Å². The summed E-state index contributed by atoms with van der Waals surface area (Å²) in [6.45, 7) is 0. The van der Waals surface area contributed by atoms with Crippen molar-refractivity contribution in [2.75, 3.05) is 0 Å². The zero-order chi connectivity index (χ0) is 15.9. The van der Waals surface area contributed by atoms with Gasteiger partial charge >= 0.3 is 0 Å². The number of hydrogen-bond donors (Lipinski definition) is 0. The average Bonchev–Trinajstić information content (AvgIpc) is 2.63. The van der Waals surface area contributed by atoms with E-state index in [9.17, 15) is 4.79 Å². The highest BCUT2D eigenvalue weighted by Gasteiger charge is 2.15. The van der Waals surface area contributed by atoms with Gasteiger partial charge in [-0.2, -0.15) is 0 Å². The van der Waals surface area contributed by atoms with Gasteiger partial charge in [-0.15, -0.1) is 0 Å². The van der Waals surface area contributed by atoms with Crippen LogP contribution in [-0.2, 0) is 11.2 Å². The largest absolute Gasteiger partial charge is 0.481 e. The Bertz CT molecular complexity index is 694. The van der Waals surface area contributed by atoms with Crippen LogP contribution in [0.4, 0.5) is 0 Å². The third kappa shape index (κ3) is 3.86. The number of benzene rings is 3. The van der Waals surface area contributed by atoms with Crippen molar-refractivity contribution in [2.45, 2.75) is 12.5 Å². The van der Waals surface area contributed by atoms with Gasteiger partial charge in [0.15, 0.2) is 0 Å². The molecule has 23 heavy (non-hydrogen) atoms. The molecule has 0 unspecified atom stereocenters. The standard InChI is InChI=1S/C21H18O2/c22-16-15-17-11-13-20(14-12-17)23-21(18-7-3-1-4-8-18)19-9-5-2-6-10-19/h1-14,16,21H,15H2. The van der Waals surface area contributed by atoms with E-state index in [4.69, 9.17) is 4.74 Å². The predicted octanol–water partition coefficient (Wildman–Crippen LogP) is 4.60. The third-order valence-corrected chi connectivity index (χ3v) is 3.70. The smallest absolute Gasteiger partial charge is 0.149 e. The number of aldehydes is 1. The molecule has 0 fully saturated rings. The van der Waals surface area contributed by atoms with Gasteiger partial charge < -0.3 is 9.53 Å². The van der Waals surface area contributed by atoms with Crippen molar-refractivity contribution in [3.8, 4) is 5.75 Å². The fourth-order valence-electron chi connectivity index (χ4n) is 2.52. The van der Waals surface area contributed by atoms with Crippen LogP contribution in [0.1, 0.15) is 22.8 Å². The molecule has 3 aromatic rings. The second kappa shape index (κ2) is 7.41. The molecule has 114 valence electrons. The van der Waals surface area contributed by atoms with Gasteiger partial charge in [0.2, 0.25) is 0 Å². The Balaban J connectivity index is 1.88. The fraction of sp³-hybridized carbons (Fsp3) is 0.0952. The van der Waals surface area contributed by atoms with Crippen molar-refractivity contribution < 1.29 is 9.53 Å². The molecule has 0 aliphatic carbocycles. The quantitative estimate of drug-likeness (QED) is 0.622. The molecule has 0 amide bonds. The van der Waals surface area contributed by atoms with E-state index in [0.29, 0.717) is 6.42 Å². The summed E-state index contributed by atoms with van der Waals surface area (Å²) in [4.78, 5) is 10.6. The van der Waals surface area contributed by atoms with Crippen molar-refractivity contribution >= 4 is 6.29 Å². The van der Waals surface area contributed by atoms with Crippen LogP contribution in [0, 0.1) is 0 Å². The Labute approximate surface area is 136 Å². The van der Waals surface area contributed by atoms with E-state index in [1.54, 1.807) is 0 Å². The van der Waals surface area contributed by atoms with Gasteiger partial charge in [-0.05, 0) is 28.8 Å². The minimum Gasteiger partial charge on any atom is -0.481 e. The normalized spacial score (nSPS) is 10.5. The highest BCUT2D eigenvalue weighted by Crippen LogP contribution is 2.28. The van der Waals surface area contributed by atoms with Crippen LogP contribution in [0.2, 0.25) is 0 Å². The number of hydrogen-bond acceptors (Lipinski definition) is 2. The van der Waals surface area contributed by atoms with Gasteiger partial charge in [-0.25, -0.2) is 0 Å². The Kier molecular flexibility index (Phi) is 4.85. The lowest BCUT2D eigenvalue weighted by molar-refractivity contribution is -0.107. The maximum atomic E-state index is 10.6. The summed E-state index contributed by atoms with van der Waals surface area (Å²) in [6.07, 6.45) is 1.18. The van der Waals surface area contributed by atoms with Crippen molar-refractivity contribution in [1.29, 1.82) is 0 Å². The molecule has 0 aliphatic heterocycles. The average molecular weight is 302 g/mol. The Morgan fingerprint density at radius 1 is 0.739 bits per heavy atom. The van der Waals surface area contributed by atoms with E-state index < -0.39 is 0 Å². The molecule has 2 heteroatoms. The zero-order valence-electron chi connectivity index (χ0n) is 12.8. The molecular formula is C21H18O2. The molecule has 3 aromatic carbocycles. The monoisotopic (exact) mass is 302 g/mol. The van der Waals surface area contributed by atoms with Crippen LogP contribution >= 0.6 is 0 Å². The fourth-order valence-corrected chi connectivity index (χ4v) is 2.52. The molecule has 0 aromatic heterocycles. The van der Waals surface area contributed by atoms with E-state index in [2.05, 4.69) is 24.3 Å². The summed E-state index contributed by atoms with van der Waals surface area (Å²) in [6, 6.07) is 28.0. The number of rotatable bonds is 6. The van der Waals surface area contributed by atoms with Gasteiger partial charge in [0, 0.05) is 6.42 Å². The first-order valence-corrected chi connectivity index (χ1v) is 7.66. The van der Waals surface area contributed by atoms with Crippen LogP contribution in [0.25, 0.3) is 0 Å². The van der Waals surface area contributed by atoms with Gasteiger partial charge in [-0.3, -0.25) is 0 Å². The van der Waals surface area contributed by atoms with Crippen molar-refractivity contribution in [1.82, 2.24) is 0 Å². The Morgan fingerprint density at radius 3 is 1.74 bits per heavy atom. The van der Waals surface area contributed by atoms with Gasteiger partial charge in [0.1, 0.15) is 18.1 Å². The summed E-state index contributed by atoms with van der Waals surface area (Å²) in [5.74, 6) is 0.789. The summed E-state index contributed by atoms with van der Waals surface area (Å²) >= 11 is 0. The van der Waals surface area contributed by atoms with Crippen LogP contribution in [0.5, 0.6) is 5.75 Å². The van der Waals surface area contributed by atoms with Crippen LogP contribution in [0.3, 0.4) is 0 Å². The molecule has 3 rings (SSSR count). The molecule has 0 saturated carbocycles. The lowest BCUT2D eigenvalue weighted by Gasteiger charge is -2.20. The molecule has 0 spiro atoms. The maximum Gasteiger partial charge on any atom is 0.149 e. The molecule has 0 bridgehead atoms. The highest BCUT2D eigenvalue weighted by molar-refractivity contribution is 5.55. The van der Waals surface area contributed by atoms with Crippen molar-refractivity contribution in [3.05, 3.63) is 102 Å². The summed E-state index contributed by atoms with van der Waals surface area (Å²) in [5, 5.41) is 0. The van der Waals surface area contributed by atoms with Crippen LogP contribution in [-0.4, -0.2) is 6.29 Å². The molecule has 0 atom stereocenters. The first-order chi connectivity index (χ1) is 11.4. The lowest BCUT2D eigenvalue weighted by atomic mass is 10.0. The van der Waals surface area contributed by atoms with E-state index in [1.165, 1.54) is 0 Å². The van der Waals surface area contributed by atoms with E-state index in [0.717, 1.165) is 28.7 Å². The molecule has 2 nitrogen and oxygen atoms in total. The molecular weight excluding hydrogens is 284 g/mol. The Hall–Kier alpha value is -2.87. The second-order valence-electron chi connectivity index (χ2n) is 5.33. The predicted molar refractivity (Wildman–Crippen MR) is 91.6 cm³/mol. The second-order valence-corrected chi connectivity index (χ2v) is 5.33. The number of carbonyl (C=O) groups excluding carboxylic acids is 1. The molecule has 0 N–H and O–H groups in total. The summed E-state index contributed by atoms with van der Waals surface area (Å²) < 4.78 is 6.23. The maximum absolute atomic E-state index is 10.6. The first-order valence-electron chi connectivity index (χ1n) is 7.66. The van der Waals surface area contributed by atoms with E-state index >= 15 is 0 Å². The number of carbonyl (C=O) groups is 1. The lowest BCUT2D eigenvalue weighted by Crippen LogP contribution is -2.09. The minimum atomic E-state index is -0.158. The van der Waals surface area contributed by atoms with Gasteiger partial charge in [0.25, 0.3) is 0 Å². The Morgan fingerprint density at radius 2 is 1.26 bits per heavy atom. The minimum absolute atomic E-state index is 0.158. The SMILES string of the molecule is O=CCc1ccc(OC(c2ccccc2)c2ccccc2)cc1. The highest BCUT2D eigenvalue weighted by atomic mass is 16.5. The van der Waals surface area contributed by atoms with E-state index in [1.807, 2.05) is 60.7 Å². The van der Waals surface area contributed by atoms with Crippen molar-refractivity contribution in [2.24, 2.45) is 0 Å². The van der Waals surface area contributed by atoms with Gasteiger partial charge in [0.05, 0.1) is 0 Å². The topological polar surface area (TPSA) is 26.3 Å². The molecule has 0 aliphatic rings. The summed E-state index contributed by atoms with van der Waals surface area (Å²) in [5.41, 5.74) is 3.20. The zero-order valence-corrected chi connectivity index (χ0v) is 12.8. The van der Waals surface area contributed by atoms with Crippen LogP contribution < -0.4 is 4.74 Å². The third-order valence-electron chi connectivity index (χ3n) is 3.70. The van der Waals surface area contributed by atoms with Crippen molar-refractivity contribution in [3.63, 3.8) is 0 Å². The first kappa shape index (κ1) is 15.0. The molecule has 0 heterocycles. The summed E-state index contributed by atoms with van der Waals surface area (Å²) in [7, 11) is 0.